The van der Waals surface area contributed by atoms with E-state index in [2.05, 4.69) is 43.0 Å². The van der Waals surface area contributed by atoms with Gasteiger partial charge in [0.1, 0.15) is 0 Å². The zero-order chi connectivity index (χ0) is 10.3. The molecule has 0 N–H and O–H groups in total. The topological polar surface area (TPSA) is 0 Å². The molecular weight excluding hydrogens is 180 g/mol. The Morgan fingerprint density at radius 2 is 1.67 bits per heavy atom. The quantitative estimate of drug-likeness (QED) is 0.590. The fourth-order valence-electron chi connectivity index (χ4n) is 2.45. The van der Waals surface area contributed by atoms with Crippen LogP contribution in [0.1, 0.15) is 24.0 Å². The van der Waals surface area contributed by atoms with Crippen molar-refractivity contribution in [3.63, 3.8) is 0 Å². The van der Waals surface area contributed by atoms with Crippen LogP contribution in [0.15, 0.2) is 43.0 Å². The lowest BCUT2D eigenvalue weighted by Crippen LogP contribution is -2.00. The van der Waals surface area contributed by atoms with E-state index in [4.69, 9.17) is 0 Å². The second-order valence-electron chi connectivity index (χ2n) is 4.31. The Bertz CT molecular complexity index is 535. The van der Waals surface area contributed by atoms with Crippen LogP contribution in [0.3, 0.4) is 0 Å². The first-order valence-electron chi connectivity index (χ1n) is 5.54. The molecule has 0 nitrogen and oxygen atoms in total. The van der Waals surface area contributed by atoms with Gasteiger partial charge in [0.15, 0.2) is 0 Å². The summed E-state index contributed by atoms with van der Waals surface area (Å²) in [5.41, 5.74) is 4.17. The number of aryl methyl sites for hydroxylation is 1. The molecule has 15 heavy (non-hydrogen) atoms. The number of benzene rings is 2. The van der Waals surface area contributed by atoms with E-state index in [1.165, 1.54) is 40.3 Å². The summed E-state index contributed by atoms with van der Waals surface area (Å²) < 4.78 is 0. The van der Waals surface area contributed by atoms with Gasteiger partial charge in [0, 0.05) is 0 Å². The molecule has 0 atom stereocenters. The van der Waals surface area contributed by atoms with Gasteiger partial charge >= 0.3 is 0 Å². The molecule has 1 aliphatic rings. The van der Waals surface area contributed by atoms with E-state index >= 15 is 0 Å². The van der Waals surface area contributed by atoms with E-state index in [1.807, 2.05) is 0 Å². The third-order valence-electron chi connectivity index (χ3n) is 3.28. The summed E-state index contributed by atoms with van der Waals surface area (Å²) in [7, 11) is 0. The van der Waals surface area contributed by atoms with Gasteiger partial charge in [-0.05, 0) is 52.8 Å². The highest BCUT2D eigenvalue weighted by Crippen LogP contribution is 2.32. The molecule has 0 heterocycles. The van der Waals surface area contributed by atoms with Crippen LogP contribution in [0.4, 0.5) is 0 Å². The molecule has 0 saturated heterocycles. The number of allylic oxidation sites excluding steroid dienone is 1. The largest absolute Gasteiger partial charge is 0.0952 e. The Hall–Kier alpha value is -1.56. The van der Waals surface area contributed by atoms with Gasteiger partial charge in [0.2, 0.25) is 0 Å². The molecule has 0 radical (unpaired) electrons. The molecule has 0 bridgehead atoms. The van der Waals surface area contributed by atoms with Crippen LogP contribution in [0.2, 0.25) is 0 Å². The van der Waals surface area contributed by atoms with Gasteiger partial charge in [0.05, 0.1) is 0 Å². The van der Waals surface area contributed by atoms with E-state index in [1.54, 1.807) is 0 Å². The summed E-state index contributed by atoms with van der Waals surface area (Å²) in [5, 5.41) is 2.69. The van der Waals surface area contributed by atoms with Gasteiger partial charge in [0.25, 0.3) is 0 Å². The summed E-state index contributed by atoms with van der Waals surface area (Å²) in [4.78, 5) is 0. The standard InChI is InChI=1S/C15H14/c1-11-5-4-8-14-9-12-6-2-3-7-13(12)10-15(11)14/h2-3,6-7,9-10H,1,4-5,8H2. The van der Waals surface area contributed by atoms with E-state index in [0.29, 0.717) is 0 Å². The number of fused-ring (bicyclic) bond motifs is 2. The normalized spacial score (nSPS) is 15.3. The van der Waals surface area contributed by atoms with Crippen LogP contribution in [-0.2, 0) is 6.42 Å². The van der Waals surface area contributed by atoms with Crippen molar-refractivity contribution in [1.29, 1.82) is 0 Å². The Kier molecular flexibility index (Phi) is 1.88. The SMILES string of the molecule is C=C1CCCc2cc3ccccc3cc21. The molecule has 0 aliphatic heterocycles. The maximum Gasteiger partial charge on any atom is -0.0178 e. The number of hydrogen-bond donors (Lipinski definition) is 0. The minimum atomic E-state index is 1.16. The lowest BCUT2D eigenvalue weighted by atomic mass is 9.86. The number of hydrogen-bond acceptors (Lipinski definition) is 0. The van der Waals surface area contributed by atoms with E-state index in [-0.39, 0.29) is 0 Å². The Labute approximate surface area is 90.2 Å². The first-order valence-corrected chi connectivity index (χ1v) is 5.54. The Balaban J connectivity index is 2.32. The first-order chi connectivity index (χ1) is 7.34. The van der Waals surface area contributed by atoms with Crippen molar-refractivity contribution in [2.75, 3.05) is 0 Å². The third-order valence-corrected chi connectivity index (χ3v) is 3.28. The predicted molar refractivity (Wildman–Crippen MR) is 65.9 cm³/mol. The van der Waals surface area contributed by atoms with Crippen molar-refractivity contribution in [3.05, 3.63) is 54.1 Å². The summed E-state index contributed by atoms with van der Waals surface area (Å²) in [6.45, 7) is 4.16. The number of rotatable bonds is 0. The van der Waals surface area contributed by atoms with Crippen LogP contribution in [0, 0.1) is 0 Å². The molecule has 0 aromatic heterocycles. The van der Waals surface area contributed by atoms with Crippen LogP contribution < -0.4 is 0 Å². The minimum absolute atomic E-state index is 1.16. The maximum atomic E-state index is 4.16. The van der Waals surface area contributed by atoms with Gasteiger partial charge in [-0.3, -0.25) is 0 Å². The van der Waals surface area contributed by atoms with Crippen molar-refractivity contribution in [1.82, 2.24) is 0 Å². The van der Waals surface area contributed by atoms with Gasteiger partial charge in [-0.1, -0.05) is 36.9 Å². The van der Waals surface area contributed by atoms with Crippen LogP contribution in [0.5, 0.6) is 0 Å². The van der Waals surface area contributed by atoms with Gasteiger partial charge < -0.3 is 0 Å². The minimum Gasteiger partial charge on any atom is -0.0952 e. The second kappa shape index (κ2) is 3.23. The summed E-state index contributed by atoms with van der Waals surface area (Å²) >= 11 is 0. The zero-order valence-electron chi connectivity index (χ0n) is 8.79. The molecule has 0 unspecified atom stereocenters. The molecule has 0 amide bonds. The molecule has 0 heteroatoms. The zero-order valence-corrected chi connectivity index (χ0v) is 8.79. The van der Waals surface area contributed by atoms with Gasteiger partial charge in [-0.2, -0.15) is 0 Å². The first kappa shape index (κ1) is 8.72. The van der Waals surface area contributed by atoms with Crippen LogP contribution >= 0.6 is 0 Å². The van der Waals surface area contributed by atoms with Crippen molar-refractivity contribution >= 4 is 16.3 Å². The van der Waals surface area contributed by atoms with Gasteiger partial charge in [-0.15, -0.1) is 0 Å². The smallest absolute Gasteiger partial charge is 0.0178 e. The molecule has 0 spiro atoms. The van der Waals surface area contributed by atoms with Crippen molar-refractivity contribution in [2.45, 2.75) is 19.3 Å². The molecule has 3 rings (SSSR count). The highest BCUT2D eigenvalue weighted by molar-refractivity contribution is 5.88. The van der Waals surface area contributed by atoms with Crippen molar-refractivity contribution in [3.8, 4) is 0 Å². The van der Waals surface area contributed by atoms with E-state index in [0.717, 1.165) is 6.42 Å². The summed E-state index contributed by atoms with van der Waals surface area (Å²) in [6, 6.07) is 13.2. The van der Waals surface area contributed by atoms with Crippen LogP contribution in [-0.4, -0.2) is 0 Å². The highest BCUT2D eigenvalue weighted by atomic mass is 14.2. The highest BCUT2D eigenvalue weighted by Gasteiger charge is 2.12. The lowest BCUT2D eigenvalue weighted by molar-refractivity contribution is 0.825. The Morgan fingerprint density at radius 1 is 0.933 bits per heavy atom. The molecule has 0 saturated carbocycles. The Morgan fingerprint density at radius 3 is 2.47 bits per heavy atom. The third kappa shape index (κ3) is 1.37. The monoisotopic (exact) mass is 194 g/mol. The average molecular weight is 194 g/mol. The molecule has 2 aromatic carbocycles. The van der Waals surface area contributed by atoms with Gasteiger partial charge in [-0.25, -0.2) is 0 Å². The fourth-order valence-corrected chi connectivity index (χ4v) is 2.45. The van der Waals surface area contributed by atoms with Crippen molar-refractivity contribution < 1.29 is 0 Å². The van der Waals surface area contributed by atoms with Crippen LogP contribution in [0.25, 0.3) is 16.3 Å². The molecule has 0 fully saturated rings. The van der Waals surface area contributed by atoms with E-state index in [9.17, 15) is 0 Å². The second-order valence-corrected chi connectivity index (χ2v) is 4.31. The predicted octanol–water partition coefficient (Wildman–Crippen LogP) is 4.19. The molecular formula is C15H14. The lowest BCUT2D eigenvalue weighted by Gasteiger charge is -2.18. The molecule has 2 aromatic rings. The van der Waals surface area contributed by atoms with E-state index < -0.39 is 0 Å². The molecule has 1 aliphatic carbocycles. The average Bonchev–Trinajstić information content (AvgIpc) is 2.27. The summed E-state index contributed by atoms with van der Waals surface area (Å²) in [5.74, 6) is 0. The summed E-state index contributed by atoms with van der Waals surface area (Å²) in [6.07, 6.45) is 3.62. The molecule has 74 valence electrons. The maximum absolute atomic E-state index is 4.16. The van der Waals surface area contributed by atoms with Crippen molar-refractivity contribution in [2.24, 2.45) is 0 Å². The fraction of sp³-hybridized carbons (Fsp3) is 0.200.